The normalized spacial score (nSPS) is 11.7. The summed E-state index contributed by atoms with van der Waals surface area (Å²) in [7, 11) is 0. The van der Waals surface area contributed by atoms with E-state index in [2.05, 4.69) is 16.0 Å². The molecule has 7 heteroatoms. The molecule has 0 saturated carbocycles. The molecule has 0 radical (unpaired) electrons. The number of halogens is 1. The lowest BCUT2D eigenvalue weighted by molar-refractivity contribution is -0.123. The number of hydrogen-bond acceptors (Lipinski definition) is 4. The fourth-order valence-electron chi connectivity index (χ4n) is 2.86. The maximum atomic E-state index is 12.3. The molecule has 1 aromatic heterocycles. The molecule has 5 nitrogen and oxygen atoms in total. The molecule has 29 heavy (non-hydrogen) atoms. The van der Waals surface area contributed by atoms with Gasteiger partial charge in [0.05, 0.1) is 19.1 Å². The first-order valence-electron chi connectivity index (χ1n) is 9.18. The topological polar surface area (TPSA) is 70.2 Å². The lowest BCUT2D eigenvalue weighted by atomic mass is 10.1. The summed E-state index contributed by atoms with van der Waals surface area (Å²) in [6.07, 6.45) is 0. The van der Waals surface area contributed by atoms with Gasteiger partial charge in [0, 0.05) is 15.6 Å². The van der Waals surface area contributed by atoms with Crippen LogP contribution in [0.1, 0.15) is 22.0 Å². The van der Waals surface area contributed by atoms with Gasteiger partial charge in [-0.25, -0.2) is 0 Å². The van der Waals surface area contributed by atoms with Gasteiger partial charge < -0.3 is 10.6 Å². The van der Waals surface area contributed by atoms with Crippen molar-refractivity contribution < 1.29 is 9.59 Å². The van der Waals surface area contributed by atoms with Gasteiger partial charge in [-0.15, -0.1) is 11.3 Å². The predicted molar refractivity (Wildman–Crippen MR) is 118 cm³/mol. The van der Waals surface area contributed by atoms with E-state index in [1.54, 1.807) is 29.5 Å². The molecule has 0 aliphatic rings. The summed E-state index contributed by atoms with van der Waals surface area (Å²) >= 11 is 7.69. The number of anilines is 1. The molecule has 1 atom stereocenters. The number of thiophene rings is 1. The van der Waals surface area contributed by atoms with Crippen LogP contribution in [-0.2, 0) is 9.59 Å². The molecule has 0 fully saturated rings. The van der Waals surface area contributed by atoms with E-state index in [0.717, 1.165) is 16.0 Å². The Morgan fingerprint density at radius 2 is 1.76 bits per heavy atom. The minimum atomic E-state index is -0.304. The van der Waals surface area contributed by atoms with Gasteiger partial charge in [0.15, 0.2) is 0 Å². The highest BCUT2D eigenvalue weighted by atomic mass is 35.5. The third-order valence-electron chi connectivity index (χ3n) is 4.42. The number of hydrogen-bond donors (Lipinski definition) is 3. The maximum Gasteiger partial charge on any atom is 0.243 e. The third-order valence-corrected chi connectivity index (χ3v) is 5.76. The fraction of sp³-hybridized carbons (Fsp3) is 0.182. The molecular weight excluding hydrogens is 406 g/mol. The molecule has 3 N–H and O–H groups in total. The molecule has 0 unspecified atom stereocenters. The zero-order valence-electron chi connectivity index (χ0n) is 15.9. The standard InChI is InChI=1S/C22H22ClN3O2S/c1-15-17(23)9-5-10-18(15)26-21(28)14-24-20(27)13-25-22(19-11-6-12-29-19)16-7-3-2-4-8-16/h2-12,22,25H,13-14H2,1H3,(H,24,27)(H,26,28)/t22-/m0/s1. The lowest BCUT2D eigenvalue weighted by Gasteiger charge is -2.18. The average molecular weight is 428 g/mol. The van der Waals surface area contributed by atoms with Crippen molar-refractivity contribution >= 4 is 40.4 Å². The van der Waals surface area contributed by atoms with Gasteiger partial charge in [-0.1, -0.05) is 54.1 Å². The van der Waals surface area contributed by atoms with Crippen LogP contribution in [0, 0.1) is 6.92 Å². The molecule has 0 bridgehead atoms. The highest BCUT2D eigenvalue weighted by Crippen LogP contribution is 2.25. The van der Waals surface area contributed by atoms with Crippen molar-refractivity contribution in [2.24, 2.45) is 0 Å². The number of carbonyl (C=O) groups excluding carboxylic acids is 2. The smallest absolute Gasteiger partial charge is 0.243 e. The van der Waals surface area contributed by atoms with E-state index in [-0.39, 0.29) is 30.9 Å². The van der Waals surface area contributed by atoms with Crippen LogP contribution in [0.15, 0.2) is 66.0 Å². The molecule has 2 amide bonds. The van der Waals surface area contributed by atoms with Crippen LogP contribution in [0.4, 0.5) is 5.69 Å². The van der Waals surface area contributed by atoms with Crippen LogP contribution in [0.25, 0.3) is 0 Å². The maximum absolute atomic E-state index is 12.3. The molecule has 150 valence electrons. The van der Waals surface area contributed by atoms with Gasteiger partial charge in [0.2, 0.25) is 11.8 Å². The van der Waals surface area contributed by atoms with Gasteiger partial charge in [0.1, 0.15) is 0 Å². The van der Waals surface area contributed by atoms with Crippen molar-refractivity contribution in [3.63, 3.8) is 0 Å². The summed E-state index contributed by atoms with van der Waals surface area (Å²) in [5.74, 6) is -0.554. The van der Waals surface area contributed by atoms with Crippen LogP contribution >= 0.6 is 22.9 Å². The quantitative estimate of drug-likeness (QED) is 0.506. The van der Waals surface area contributed by atoms with E-state index in [1.165, 1.54) is 0 Å². The van der Waals surface area contributed by atoms with E-state index in [9.17, 15) is 9.59 Å². The van der Waals surface area contributed by atoms with Crippen molar-refractivity contribution in [1.82, 2.24) is 10.6 Å². The van der Waals surface area contributed by atoms with Gasteiger partial charge >= 0.3 is 0 Å². The Hall–Kier alpha value is -2.67. The number of rotatable bonds is 8. The Morgan fingerprint density at radius 1 is 0.966 bits per heavy atom. The Morgan fingerprint density at radius 3 is 2.48 bits per heavy atom. The number of nitrogens with one attached hydrogen (secondary N) is 3. The summed E-state index contributed by atoms with van der Waals surface area (Å²) in [6, 6.07) is 19.2. The summed E-state index contributed by atoms with van der Waals surface area (Å²) in [4.78, 5) is 25.5. The molecular formula is C22H22ClN3O2S. The van der Waals surface area contributed by atoms with Gasteiger partial charge in [0.25, 0.3) is 0 Å². The van der Waals surface area contributed by atoms with Crippen molar-refractivity contribution in [1.29, 1.82) is 0 Å². The third kappa shape index (κ3) is 5.90. The first-order valence-corrected chi connectivity index (χ1v) is 10.4. The minimum Gasteiger partial charge on any atom is -0.346 e. The van der Waals surface area contributed by atoms with E-state index in [4.69, 9.17) is 11.6 Å². The second-order valence-electron chi connectivity index (χ2n) is 6.48. The van der Waals surface area contributed by atoms with E-state index < -0.39 is 0 Å². The van der Waals surface area contributed by atoms with Crippen LogP contribution in [0.2, 0.25) is 5.02 Å². The van der Waals surface area contributed by atoms with Crippen LogP contribution in [0.3, 0.4) is 0 Å². The fourth-order valence-corrected chi connectivity index (χ4v) is 3.86. The number of amides is 2. The lowest BCUT2D eigenvalue weighted by Crippen LogP contribution is -2.39. The van der Waals surface area contributed by atoms with Crippen molar-refractivity contribution in [2.45, 2.75) is 13.0 Å². The molecule has 3 rings (SSSR count). The predicted octanol–water partition coefficient (Wildman–Crippen LogP) is 4.14. The van der Waals surface area contributed by atoms with Crippen LogP contribution in [0.5, 0.6) is 0 Å². The molecule has 3 aromatic rings. The molecule has 0 aliphatic heterocycles. The Balaban J connectivity index is 1.52. The summed E-state index contributed by atoms with van der Waals surface area (Å²) in [5, 5.41) is 11.3. The second kappa shape index (κ2) is 10.2. The molecule has 0 saturated heterocycles. The second-order valence-corrected chi connectivity index (χ2v) is 7.86. The van der Waals surface area contributed by atoms with E-state index in [1.807, 2.05) is 54.8 Å². The van der Waals surface area contributed by atoms with Gasteiger partial charge in [-0.3, -0.25) is 14.9 Å². The van der Waals surface area contributed by atoms with Gasteiger partial charge in [-0.05, 0) is 41.6 Å². The Labute approximate surface area is 179 Å². The molecule has 2 aromatic carbocycles. The molecule has 0 spiro atoms. The van der Waals surface area contributed by atoms with Crippen LogP contribution < -0.4 is 16.0 Å². The SMILES string of the molecule is Cc1c(Cl)cccc1NC(=O)CNC(=O)CN[C@@H](c1ccccc1)c1cccs1. The number of benzene rings is 2. The van der Waals surface area contributed by atoms with E-state index >= 15 is 0 Å². The van der Waals surface area contributed by atoms with Crippen molar-refractivity contribution in [2.75, 3.05) is 18.4 Å². The highest BCUT2D eigenvalue weighted by molar-refractivity contribution is 7.10. The highest BCUT2D eigenvalue weighted by Gasteiger charge is 2.16. The van der Waals surface area contributed by atoms with Crippen molar-refractivity contribution in [3.05, 3.63) is 87.1 Å². The number of carbonyl (C=O) groups is 2. The Kier molecular flexibility index (Phi) is 7.41. The zero-order valence-corrected chi connectivity index (χ0v) is 17.5. The first-order chi connectivity index (χ1) is 14.0. The first kappa shape index (κ1) is 21.0. The molecule has 0 aliphatic carbocycles. The van der Waals surface area contributed by atoms with Crippen LogP contribution in [-0.4, -0.2) is 24.9 Å². The Bertz CT molecular complexity index is 961. The van der Waals surface area contributed by atoms with Gasteiger partial charge in [-0.2, -0.15) is 0 Å². The zero-order chi connectivity index (χ0) is 20.6. The monoisotopic (exact) mass is 427 g/mol. The summed E-state index contributed by atoms with van der Waals surface area (Å²) < 4.78 is 0. The van der Waals surface area contributed by atoms with E-state index in [0.29, 0.717) is 10.7 Å². The summed E-state index contributed by atoms with van der Waals surface area (Å²) in [5.41, 5.74) is 2.51. The van der Waals surface area contributed by atoms with Crippen molar-refractivity contribution in [3.8, 4) is 0 Å². The largest absolute Gasteiger partial charge is 0.346 e. The minimum absolute atomic E-state index is 0.0788. The summed E-state index contributed by atoms with van der Waals surface area (Å²) in [6.45, 7) is 1.82. The molecule has 1 heterocycles. The average Bonchev–Trinajstić information content (AvgIpc) is 3.25.